The Morgan fingerprint density at radius 3 is 2.95 bits per heavy atom. The van der Waals surface area contributed by atoms with Crippen LogP contribution in [-0.2, 0) is 0 Å². The number of anilines is 1. The molecule has 0 aliphatic carbocycles. The van der Waals surface area contributed by atoms with E-state index in [1.54, 1.807) is 19.2 Å². The van der Waals surface area contributed by atoms with Crippen molar-refractivity contribution in [2.45, 2.75) is 31.8 Å². The predicted molar refractivity (Wildman–Crippen MR) is 82.5 cm³/mol. The molecule has 0 spiro atoms. The van der Waals surface area contributed by atoms with Crippen molar-refractivity contribution in [1.29, 1.82) is 0 Å². The van der Waals surface area contributed by atoms with Crippen molar-refractivity contribution in [2.24, 2.45) is 0 Å². The maximum Gasteiger partial charge on any atom is 0.260 e. The van der Waals surface area contributed by atoms with E-state index in [-0.39, 0.29) is 11.9 Å². The topological polar surface area (TPSA) is 58.8 Å². The third-order valence-corrected chi connectivity index (χ3v) is 4.69. The van der Waals surface area contributed by atoms with Gasteiger partial charge in [0.05, 0.1) is 7.11 Å². The van der Waals surface area contributed by atoms with Crippen LogP contribution in [0.1, 0.15) is 30.1 Å². The van der Waals surface area contributed by atoms with Gasteiger partial charge < -0.3 is 15.4 Å². The Labute approximate surface area is 125 Å². The smallest absolute Gasteiger partial charge is 0.260 e. The zero-order chi connectivity index (χ0) is 15.0. The van der Waals surface area contributed by atoms with E-state index in [1.807, 2.05) is 11.0 Å². The number of methoxy groups -OCH3 is 1. The molecular weight excluding hydrogens is 266 g/mol. The van der Waals surface area contributed by atoms with Crippen LogP contribution < -0.4 is 10.5 Å². The number of rotatable bonds is 2. The van der Waals surface area contributed by atoms with Crippen LogP contribution >= 0.6 is 0 Å². The highest BCUT2D eigenvalue weighted by Gasteiger charge is 2.37. The lowest BCUT2D eigenvalue weighted by Gasteiger charge is -2.42. The van der Waals surface area contributed by atoms with E-state index < -0.39 is 0 Å². The van der Waals surface area contributed by atoms with Gasteiger partial charge in [0, 0.05) is 30.9 Å². The van der Waals surface area contributed by atoms with Gasteiger partial charge in [-0.3, -0.25) is 9.69 Å². The van der Waals surface area contributed by atoms with E-state index in [1.165, 1.54) is 12.8 Å². The summed E-state index contributed by atoms with van der Waals surface area (Å²) in [6.45, 7) is 5.01. The van der Waals surface area contributed by atoms with Crippen LogP contribution in [0.15, 0.2) is 18.2 Å². The summed E-state index contributed by atoms with van der Waals surface area (Å²) in [6, 6.07) is 6.06. The molecule has 2 N–H and O–H groups in total. The van der Waals surface area contributed by atoms with E-state index in [0.29, 0.717) is 23.0 Å². The van der Waals surface area contributed by atoms with Crippen LogP contribution in [0.4, 0.5) is 5.69 Å². The fourth-order valence-electron chi connectivity index (χ4n) is 3.56. The SMILES string of the molecule is COc1cccc(N)c1C(=O)N1CC2CCCN2CC1C. The standard InChI is InChI=1S/C16H23N3O2/c1-11-9-18-8-4-5-12(18)10-19(11)16(20)15-13(17)6-3-7-14(15)21-2/h3,6-7,11-12H,4-5,8-10,17H2,1-2H3. The number of hydrogen-bond donors (Lipinski definition) is 1. The molecule has 1 aromatic rings. The van der Waals surface area contributed by atoms with Crippen molar-refractivity contribution in [3.8, 4) is 5.75 Å². The van der Waals surface area contributed by atoms with Crippen LogP contribution in [-0.4, -0.2) is 54.5 Å². The summed E-state index contributed by atoms with van der Waals surface area (Å²) >= 11 is 0. The quantitative estimate of drug-likeness (QED) is 0.840. The zero-order valence-corrected chi connectivity index (χ0v) is 12.7. The number of ether oxygens (including phenoxy) is 1. The molecule has 2 saturated heterocycles. The summed E-state index contributed by atoms with van der Waals surface area (Å²) in [5.41, 5.74) is 7.00. The first-order valence-corrected chi connectivity index (χ1v) is 7.59. The molecule has 2 atom stereocenters. The fourth-order valence-corrected chi connectivity index (χ4v) is 3.56. The molecule has 3 rings (SSSR count). The normalized spacial score (nSPS) is 25.7. The van der Waals surface area contributed by atoms with Crippen molar-refractivity contribution < 1.29 is 9.53 Å². The van der Waals surface area contributed by atoms with Crippen LogP contribution in [0, 0.1) is 0 Å². The summed E-state index contributed by atoms with van der Waals surface area (Å²) in [5, 5.41) is 0. The Morgan fingerprint density at radius 2 is 2.19 bits per heavy atom. The monoisotopic (exact) mass is 289 g/mol. The minimum atomic E-state index is -0.0102. The lowest BCUT2D eigenvalue weighted by molar-refractivity contribution is 0.0394. The molecule has 2 aliphatic heterocycles. The summed E-state index contributed by atoms with van der Waals surface area (Å²) in [6.07, 6.45) is 2.41. The molecule has 21 heavy (non-hydrogen) atoms. The molecule has 2 heterocycles. The van der Waals surface area contributed by atoms with E-state index in [4.69, 9.17) is 10.5 Å². The van der Waals surface area contributed by atoms with E-state index in [2.05, 4.69) is 11.8 Å². The van der Waals surface area contributed by atoms with Gasteiger partial charge in [-0.25, -0.2) is 0 Å². The van der Waals surface area contributed by atoms with Gasteiger partial charge in [0.15, 0.2) is 0 Å². The summed E-state index contributed by atoms with van der Waals surface area (Å²) in [4.78, 5) is 17.4. The first kappa shape index (κ1) is 14.2. The Hall–Kier alpha value is -1.75. The molecule has 2 unspecified atom stereocenters. The Kier molecular flexibility index (Phi) is 3.76. The van der Waals surface area contributed by atoms with E-state index in [0.717, 1.165) is 19.6 Å². The Bertz CT molecular complexity index is 546. The van der Waals surface area contributed by atoms with Crippen LogP contribution in [0.3, 0.4) is 0 Å². The number of hydrogen-bond acceptors (Lipinski definition) is 4. The summed E-state index contributed by atoms with van der Waals surface area (Å²) in [7, 11) is 1.57. The van der Waals surface area contributed by atoms with Crippen molar-refractivity contribution >= 4 is 11.6 Å². The maximum atomic E-state index is 12.9. The van der Waals surface area contributed by atoms with Crippen molar-refractivity contribution in [3.63, 3.8) is 0 Å². The summed E-state index contributed by atoms with van der Waals surface area (Å²) in [5.74, 6) is 0.546. The number of benzene rings is 1. The number of carbonyl (C=O) groups is 1. The predicted octanol–water partition coefficient (Wildman–Crippen LogP) is 1.59. The van der Waals surface area contributed by atoms with E-state index in [9.17, 15) is 4.79 Å². The molecule has 1 amide bonds. The minimum Gasteiger partial charge on any atom is -0.496 e. The highest BCUT2D eigenvalue weighted by Crippen LogP contribution is 2.30. The lowest BCUT2D eigenvalue weighted by Crippen LogP contribution is -2.56. The van der Waals surface area contributed by atoms with E-state index >= 15 is 0 Å². The molecule has 0 aromatic heterocycles. The molecule has 2 aliphatic rings. The van der Waals surface area contributed by atoms with Gasteiger partial charge in [0.2, 0.25) is 0 Å². The molecule has 0 radical (unpaired) electrons. The second-order valence-corrected chi connectivity index (χ2v) is 6.02. The molecular formula is C16H23N3O2. The molecule has 114 valence electrons. The van der Waals surface area contributed by atoms with Crippen LogP contribution in [0.5, 0.6) is 5.75 Å². The molecule has 1 aromatic carbocycles. The highest BCUT2D eigenvalue weighted by molar-refractivity contribution is 6.02. The lowest BCUT2D eigenvalue weighted by atomic mass is 10.0. The Morgan fingerprint density at radius 1 is 1.38 bits per heavy atom. The first-order chi connectivity index (χ1) is 10.1. The number of fused-ring (bicyclic) bond motifs is 1. The maximum absolute atomic E-state index is 12.9. The largest absolute Gasteiger partial charge is 0.496 e. The average Bonchev–Trinajstić information content (AvgIpc) is 2.92. The number of piperazine rings is 1. The van der Waals surface area contributed by atoms with Crippen molar-refractivity contribution in [2.75, 3.05) is 32.5 Å². The Balaban J connectivity index is 1.88. The second-order valence-electron chi connectivity index (χ2n) is 6.02. The van der Waals surface area contributed by atoms with Crippen LogP contribution in [0.25, 0.3) is 0 Å². The molecule has 0 saturated carbocycles. The van der Waals surface area contributed by atoms with Gasteiger partial charge in [-0.1, -0.05) is 6.07 Å². The van der Waals surface area contributed by atoms with Crippen molar-refractivity contribution in [3.05, 3.63) is 23.8 Å². The third-order valence-electron chi connectivity index (χ3n) is 4.69. The van der Waals surface area contributed by atoms with Gasteiger partial charge in [-0.05, 0) is 38.4 Å². The van der Waals surface area contributed by atoms with Gasteiger partial charge in [0.1, 0.15) is 11.3 Å². The molecule has 5 heteroatoms. The van der Waals surface area contributed by atoms with Gasteiger partial charge in [-0.2, -0.15) is 0 Å². The number of nitrogen functional groups attached to an aromatic ring is 1. The molecule has 5 nitrogen and oxygen atoms in total. The second kappa shape index (κ2) is 5.56. The molecule has 0 bridgehead atoms. The number of amides is 1. The average molecular weight is 289 g/mol. The van der Waals surface area contributed by atoms with Gasteiger partial charge in [-0.15, -0.1) is 0 Å². The third kappa shape index (κ3) is 2.46. The van der Waals surface area contributed by atoms with Gasteiger partial charge in [0.25, 0.3) is 5.91 Å². The zero-order valence-electron chi connectivity index (χ0n) is 12.7. The minimum absolute atomic E-state index is 0.0102. The van der Waals surface area contributed by atoms with Crippen molar-refractivity contribution in [1.82, 2.24) is 9.80 Å². The highest BCUT2D eigenvalue weighted by atomic mass is 16.5. The fraction of sp³-hybridized carbons (Fsp3) is 0.562. The number of nitrogens with two attached hydrogens (primary N) is 1. The molecule has 2 fully saturated rings. The van der Waals surface area contributed by atoms with Gasteiger partial charge >= 0.3 is 0 Å². The summed E-state index contributed by atoms with van der Waals surface area (Å²) < 4.78 is 5.32. The number of nitrogens with zero attached hydrogens (tertiary/aromatic N) is 2. The number of carbonyl (C=O) groups excluding carboxylic acids is 1. The first-order valence-electron chi connectivity index (χ1n) is 7.59. The van der Waals surface area contributed by atoms with Crippen LogP contribution in [0.2, 0.25) is 0 Å².